The van der Waals surface area contributed by atoms with Crippen molar-refractivity contribution in [2.75, 3.05) is 6.26 Å². The largest absolute Gasteiger partial charge is 0.275 e. The Kier molecular flexibility index (Phi) is 5.08. The van der Waals surface area contributed by atoms with E-state index in [4.69, 9.17) is 0 Å². The smallest absolute Gasteiger partial charge is 0.208 e. The van der Waals surface area contributed by atoms with E-state index in [1.807, 2.05) is 29.9 Å². The minimum Gasteiger partial charge on any atom is -0.275 e. The lowest BCUT2D eigenvalue weighted by Crippen LogP contribution is -2.42. The number of sulfonamides is 1. The van der Waals surface area contributed by atoms with Crippen LogP contribution < -0.4 is 4.72 Å². The molecule has 4 rings (SSSR count). The zero-order valence-electron chi connectivity index (χ0n) is 16.2. The quantitative estimate of drug-likeness (QED) is 0.721. The summed E-state index contributed by atoms with van der Waals surface area (Å²) in [6.45, 7) is 0. The SMILES string of the molecule is Cn1cc2c(n1)C(Cc1cccc(-c3ccccc3)c1)C(NS(C)(=O)=O)CC2. The van der Waals surface area contributed by atoms with Gasteiger partial charge in [0, 0.05) is 25.2 Å². The summed E-state index contributed by atoms with van der Waals surface area (Å²) in [5.74, 6) is 0.0192. The molecule has 0 aliphatic heterocycles. The summed E-state index contributed by atoms with van der Waals surface area (Å²) >= 11 is 0. The van der Waals surface area contributed by atoms with Crippen LogP contribution in [0.4, 0.5) is 0 Å². The molecule has 1 N–H and O–H groups in total. The maximum Gasteiger partial charge on any atom is 0.208 e. The summed E-state index contributed by atoms with van der Waals surface area (Å²) in [6.07, 6.45) is 5.66. The fourth-order valence-corrected chi connectivity index (χ4v) is 5.01. The Morgan fingerprint density at radius 1 is 1.11 bits per heavy atom. The van der Waals surface area contributed by atoms with Crippen molar-refractivity contribution in [2.45, 2.75) is 31.2 Å². The molecule has 28 heavy (non-hydrogen) atoms. The summed E-state index contributed by atoms with van der Waals surface area (Å²) in [6, 6.07) is 18.6. The first kappa shape index (κ1) is 18.9. The highest BCUT2D eigenvalue weighted by atomic mass is 32.2. The maximum absolute atomic E-state index is 11.9. The van der Waals surface area contributed by atoms with Gasteiger partial charge in [-0.25, -0.2) is 13.1 Å². The van der Waals surface area contributed by atoms with Crippen LogP contribution in [-0.2, 0) is 29.9 Å². The Balaban J connectivity index is 1.67. The van der Waals surface area contributed by atoms with Crippen molar-refractivity contribution in [3.63, 3.8) is 0 Å². The number of nitrogens with one attached hydrogen (secondary N) is 1. The van der Waals surface area contributed by atoms with E-state index in [0.29, 0.717) is 0 Å². The molecule has 5 nitrogen and oxygen atoms in total. The van der Waals surface area contributed by atoms with E-state index in [1.165, 1.54) is 28.5 Å². The molecule has 1 heterocycles. The lowest BCUT2D eigenvalue weighted by molar-refractivity contribution is 0.422. The van der Waals surface area contributed by atoms with Gasteiger partial charge >= 0.3 is 0 Å². The number of aryl methyl sites for hydroxylation is 2. The second-order valence-corrected chi connectivity index (χ2v) is 9.41. The molecule has 1 aliphatic carbocycles. The van der Waals surface area contributed by atoms with Crippen LogP contribution in [0.3, 0.4) is 0 Å². The molecule has 0 radical (unpaired) electrons. The average molecular weight is 396 g/mol. The first-order valence-corrected chi connectivity index (χ1v) is 11.4. The monoisotopic (exact) mass is 395 g/mol. The summed E-state index contributed by atoms with van der Waals surface area (Å²) in [5, 5.41) is 4.67. The van der Waals surface area contributed by atoms with Gasteiger partial charge in [-0.15, -0.1) is 0 Å². The van der Waals surface area contributed by atoms with E-state index >= 15 is 0 Å². The molecular weight excluding hydrogens is 370 g/mol. The number of benzene rings is 2. The van der Waals surface area contributed by atoms with E-state index in [0.717, 1.165) is 25.0 Å². The summed E-state index contributed by atoms with van der Waals surface area (Å²) in [5.41, 5.74) is 5.77. The van der Waals surface area contributed by atoms with Gasteiger partial charge in [0.15, 0.2) is 0 Å². The zero-order valence-corrected chi connectivity index (χ0v) is 17.0. The first-order chi connectivity index (χ1) is 13.4. The van der Waals surface area contributed by atoms with Crippen LogP contribution in [0.1, 0.15) is 29.2 Å². The summed E-state index contributed by atoms with van der Waals surface area (Å²) in [4.78, 5) is 0. The average Bonchev–Trinajstić information content (AvgIpc) is 3.04. The number of aromatic nitrogens is 2. The number of fused-ring (bicyclic) bond motifs is 1. The molecule has 3 aromatic rings. The highest BCUT2D eigenvalue weighted by molar-refractivity contribution is 7.88. The molecule has 2 atom stereocenters. The fourth-order valence-electron chi connectivity index (χ4n) is 4.18. The highest BCUT2D eigenvalue weighted by Crippen LogP contribution is 2.34. The van der Waals surface area contributed by atoms with Gasteiger partial charge < -0.3 is 0 Å². The molecule has 0 amide bonds. The molecule has 2 unspecified atom stereocenters. The van der Waals surface area contributed by atoms with Gasteiger partial charge in [-0.3, -0.25) is 4.68 Å². The predicted octanol–water partition coefficient (Wildman–Crippen LogP) is 3.28. The molecule has 0 bridgehead atoms. The Bertz CT molecular complexity index is 1070. The molecular formula is C22H25N3O2S. The molecule has 1 aromatic heterocycles. The van der Waals surface area contributed by atoms with Crippen molar-refractivity contribution in [2.24, 2.45) is 7.05 Å². The lowest BCUT2D eigenvalue weighted by atomic mass is 9.80. The van der Waals surface area contributed by atoms with Gasteiger partial charge in [-0.2, -0.15) is 5.10 Å². The standard InChI is InChI=1S/C22H25N3O2S/c1-25-15-19-11-12-21(24-28(2,26)27)20(22(19)23-25)14-16-7-6-10-18(13-16)17-8-4-3-5-9-17/h3-10,13,15,20-21,24H,11-12,14H2,1-2H3. The van der Waals surface area contributed by atoms with E-state index < -0.39 is 10.0 Å². The third-order valence-electron chi connectivity index (χ3n) is 5.35. The normalized spacial score (nSPS) is 19.4. The van der Waals surface area contributed by atoms with Crippen molar-refractivity contribution in [3.8, 4) is 11.1 Å². The molecule has 2 aromatic carbocycles. The number of nitrogens with zero attached hydrogens (tertiary/aromatic N) is 2. The van der Waals surface area contributed by atoms with Crippen LogP contribution in [0.5, 0.6) is 0 Å². The number of hydrogen-bond donors (Lipinski definition) is 1. The Labute approximate surface area is 166 Å². The van der Waals surface area contributed by atoms with Crippen LogP contribution in [0.25, 0.3) is 11.1 Å². The molecule has 0 spiro atoms. The fraction of sp³-hybridized carbons (Fsp3) is 0.318. The van der Waals surface area contributed by atoms with Crippen LogP contribution >= 0.6 is 0 Å². The van der Waals surface area contributed by atoms with E-state index in [-0.39, 0.29) is 12.0 Å². The predicted molar refractivity (Wildman–Crippen MR) is 112 cm³/mol. The Morgan fingerprint density at radius 2 is 1.86 bits per heavy atom. The van der Waals surface area contributed by atoms with Crippen LogP contribution in [0.2, 0.25) is 0 Å². The minimum atomic E-state index is -3.28. The van der Waals surface area contributed by atoms with E-state index in [2.05, 4.69) is 52.4 Å². The van der Waals surface area contributed by atoms with Crippen molar-refractivity contribution in [1.29, 1.82) is 0 Å². The van der Waals surface area contributed by atoms with Crippen molar-refractivity contribution in [3.05, 3.63) is 77.6 Å². The Morgan fingerprint density at radius 3 is 2.61 bits per heavy atom. The maximum atomic E-state index is 11.9. The van der Waals surface area contributed by atoms with E-state index in [1.54, 1.807) is 0 Å². The van der Waals surface area contributed by atoms with Crippen molar-refractivity contribution < 1.29 is 8.42 Å². The summed E-state index contributed by atoms with van der Waals surface area (Å²) in [7, 11) is -1.36. The zero-order chi connectivity index (χ0) is 19.7. The van der Waals surface area contributed by atoms with Gasteiger partial charge in [-0.1, -0.05) is 54.6 Å². The first-order valence-electron chi connectivity index (χ1n) is 9.53. The van der Waals surface area contributed by atoms with Gasteiger partial charge in [0.1, 0.15) is 0 Å². The molecule has 1 aliphatic rings. The third kappa shape index (κ3) is 4.18. The topological polar surface area (TPSA) is 64.0 Å². The van der Waals surface area contributed by atoms with E-state index in [9.17, 15) is 8.42 Å². The van der Waals surface area contributed by atoms with Gasteiger partial charge in [-0.05, 0) is 41.5 Å². The minimum absolute atomic E-state index is 0.0192. The second kappa shape index (κ2) is 7.53. The Hall–Kier alpha value is -2.44. The van der Waals surface area contributed by atoms with Crippen LogP contribution in [0, 0.1) is 0 Å². The molecule has 6 heteroatoms. The highest BCUT2D eigenvalue weighted by Gasteiger charge is 2.33. The molecule has 0 saturated carbocycles. The lowest BCUT2D eigenvalue weighted by Gasteiger charge is -2.31. The molecule has 146 valence electrons. The molecule has 0 fully saturated rings. The van der Waals surface area contributed by atoms with Crippen LogP contribution in [0.15, 0.2) is 60.8 Å². The second-order valence-electron chi connectivity index (χ2n) is 7.63. The number of hydrogen-bond acceptors (Lipinski definition) is 3. The van der Waals surface area contributed by atoms with Gasteiger partial charge in [0.25, 0.3) is 0 Å². The van der Waals surface area contributed by atoms with Crippen LogP contribution in [-0.4, -0.2) is 30.5 Å². The van der Waals surface area contributed by atoms with Gasteiger partial charge in [0.05, 0.1) is 11.9 Å². The number of rotatable bonds is 5. The van der Waals surface area contributed by atoms with Crippen molar-refractivity contribution in [1.82, 2.24) is 14.5 Å². The third-order valence-corrected chi connectivity index (χ3v) is 6.08. The van der Waals surface area contributed by atoms with Crippen molar-refractivity contribution >= 4 is 10.0 Å². The summed E-state index contributed by atoms with van der Waals surface area (Å²) < 4.78 is 28.5. The molecule has 0 saturated heterocycles. The van der Waals surface area contributed by atoms with Gasteiger partial charge in [0.2, 0.25) is 10.0 Å².